The zero-order chi connectivity index (χ0) is 26.6. The number of para-hydroxylation sites is 1. The Labute approximate surface area is 226 Å². The summed E-state index contributed by atoms with van der Waals surface area (Å²) in [7, 11) is 1.60. The fourth-order valence-electron chi connectivity index (χ4n) is 4.76. The first-order valence-electron chi connectivity index (χ1n) is 12.3. The molecule has 0 aliphatic carbocycles. The van der Waals surface area contributed by atoms with Crippen molar-refractivity contribution >= 4 is 40.0 Å². The molecule has 0 fully saturated rings. The molecule has 0 saturated heterocycles. The van der Waals surface area contributed by atoms with Crippen molar-refractivity contribution in [3.05, 3.63) is 130 Å². The monoisotopic (exact) mass is 522 g/mol. The second kappa shape index (κ2) is 11.0. The molecule has 5 aromatic rings. The van der Waals surface area contributed by atoms with Gasteiger partial charge < -0.3 is 10.1 Å². The highest BCUT2D eigenvalue weighted by atomic mass is 35.5. The second-order valence-corrected chi connectivity index (χ2v) is 9.58. The quantitative estimate of drug-likeness (QED) is 0.248. The van der Waals surface area contributed by atoms with E-state index in [4.69, 9.17) is 16.3 Å². The van der Waals surface area contributed by atoms with Crippen LogP contribution in [0.3, 0.4) is 0 Å². The normalized spacial score (nSPS) is 10.9. The van der Waals surface area contributed by atoms with Crippen molar-refractivity contribution in [3.63, 3.8) is 0 Å². The van der Waals surface area contributed by atoms with Crippen LogP contribution in [0.15, 0.2) is 97.1 Å². The molecule has 0 spiro atoms. The predicted octanol–water partition coefficient (Wildman–Crippen LogP) is 7.07. The standard InChI is InChI=1S/C32H27ClN2O3/c1-21-27(20-31(36)34-29-11-7-6-10-24(29)18-22-8-4-3-5-9-22)28-19-26(38-2)16-17-30(28)35(21)32(37)23-12-14-25(33)15-13-23/h3-17,19H,18,20H2,1-2H3,(H,34,36). The maximum Gasteiger partial charge on any atom is 0.262 e. The molecule has 0 aliphatic rings. The van der Waals surface area contributed by atoms with Crippen LogP contribution in [0.1, 0.15) is 32.7 Å². The Morgan fingerprint density at radius 1 is 0.895 bits per heavy atom. The van der Waals surface area contributed by atoms with Crippen molar-refractivity contribution in [2.45, 2.75) is 19.8 Å². The number of anilines is 1. The van der Waals surface area contributed by atoms with Crippen LogP contribution in [0.4, 0.5) is 5.69 Å². The van der Waals surface area contributed by atoms with Crippen LogP contribution in [0.5, 0.6) is 5.75 Å². The molecule has 5 nitrogen and oxygen atoms in total. The fourth-order valence-corrected chi connectivity index (χ4v) is 4.89. The van der Waals surface area contributed by atoms with Crippen LogP contribution in [-0.4, -0.2) is 23.5 Å². The number of benzene rings is 4. The number of rotatable bonds is 7. The molecule has 5 rings (SSSR count). The lowest BCUT2D eigenvalue weighted by Crippen LogP contribution is -2.17. The van der Waals surface area contributed by atoms with E-state index in [1.807, 2.05) is 67.6 Å². The molecular weight excluding hydrogens is 496 g/mol. The third-order valence-electron chi connectivity index (χ3n) is 6.70. The van der Waals surface area contributed by atoms with Gasteiger partial charge in [0.1, 0.15) is 5.75 Å². The van der Waals surface area contributed by atoms with Crippen molar-refractivity contribution in [2.24, 2.45) is 0 Å². The molecule has 1 amide bonds. The summed E-state index contributed by atoms with van der Waals surface area (Å²) < 4.78 is 7.10. The van der Waals surface area contributed by atoms with E-state index in [1.165, 1.54) is 5.56 Å². The van der Waals surface area contributed by atoms with Crippen LogP contribution < -0.4 is 10.1 Å². The Bertz CT molecular complexity index is 1620. The fraction of sp³-hybridized carbons (Fsp3) is 0.125. The first-order chi connectivity index (χ1) is 18.4. The third kappa shape index (κ3) is 5.20. The molecule has 0 unspecified atom stereocenters. The average Bonchev–Trinajstić information content (AvgIpc) is 3.20. The highest BCUT2D eigenvalue weighted by Crippen LogP contribution is 2.31. The maximum atomic E-state index is 13.5. The van der Waals surface area contributed by atoms with Gasteiger partial charge in [-0.3, -0.25) is 14.2 Å². The lowest BCUT2D eigenvalue weighted by atomic mass is 10.0. The van der Waals surface area contributed by atoms with Crippen LogP contribution in [0, 0.1) is 6.92 Å². The van der Waals surface area contributed by atoms with Gasteiger partial charge in [0.05, 0.1) is 19.0 Å². The highest BCUT2D eigenvalue weighted by Gasteiger charge is 2.22. The van der Waals surface area contributed by atoms with Crippen molar-refractivity contribution in [1.82, 2.24) is 4.57 Å². The number of methoxy groups -OCH3 is 1. The summed E-state index contributed by atoms with van der Waals surface area (Å²) >= 11 is 6.03. The number of amides is 1. The molecule has 4 aromatic carbocycles. The van der Waals surface area contributed by atoms with Gasteiger partial charge in [0, 0.05) is 27.4 Å². The molecule has 190 valence electrons. The zero-order valence-corrected chi connectivity index (χ0v) is 22.0. The third-order valence-corrected chi connectivity index (χ3v) is 6.95. The number of nitrogens with zero attached hydrogens (tertiary/aromatic N) is 1. The molecule has 1 N–H and O–H groups in total. The van der Waals surface area contributed by atoms with Crippen molar-refractivity contribution in [3.8, 4) is 5.75 Å². The van der Waals surface area contributed by atoms with Gasteiger partial charge in [0.2, 0.25) is 5.91 Å². The SMILES string of the molecule is COc1ccc2c(c1)c(CC(=O)Nc1ccccc1Cc1ccccc1)c(C)n2C(=O)c1ccc(Cl)cc1. The van der Waals surface area contributed by atoms with Gasteiger partial charge in [-0.05, 0) is 78.6 Å². The molecule has 0 saturated carbocycles. The van der Waals surface area contributed by atoms with Gasteiger partial charge in [-0.2, -0.15) is 0 Å². The first kappa shape index (κ1) is 25.3. The summed E-state index contributed by atoms with van der Waals surface area (Å²) in [6, 6.07) is 30.3. The minimum absolute atomic E-state index is 0.107. The number of nitrogens with one attached hydrogen (secondary N) is 1. The van der Waals surface area contributed by atoms with E-state index >= 15 is 0 Å². The van der Waals surface area contributed by atoms with Crippen LogP contribution in [0.2, 0.25) is 5.02 Å². The van der Waals surface area contributed by atoms with E-state index in [1.54, 1.807) is 35.9 Å². The lowest BCUT2D eigenvalue weighted by Gasteiger charge is -2.12. The van der Waals surface area contributed by atoms with E-state index in [2.05, 4.69) is 17.4 Å². The number of fused-ring (bicyclic) bond motifs is 1. The van der Waals surface area contributed by atoms with Gasteiger partial charge in [-0.1, -0.05) is 60.1 Å². The highest BCUT2D eigenvalue weighted by molar-refractivity contribution is 6.30. The van der Waals surface area contributed by atoms with Gasteiger partial charge >= 0.3 is 0 Å². The molecule has 1 heterocycles. The molecule has 0 bridgehead atoms. The number of aromatic nitrogens is 1. The summed E-state index contributed by atoms with van der Waals surface area (Å²) in [4.78, 5) is 26.9. The number of hydrogen-bond donors (Lipinski definition) is 1. The molecule has 0 atom stereocenters. The number of carbonyl (C=O) groups is 2. The maximum absolute atomic E-state index is 13.5. The van der Waals surface area contributed by atoms with E-state index in [9.17, 15) is 9.59 Å². The molecule has 0 radical (unpaired) electrons. The summed E-state index contributed by atoms with van der Waals surface area (Å²) in [5.41, 5.74) is 5.69. The molecule has 38 heavy (non-hydrogen) atoms. The Kier molecular flexibility index (Phi) is 7.29. The first-order valence-corrected chi connectivity index (χ1v) is 12.7. The summed E-state index contributed by atoms with van der Waals surface area (Å²) in [6.07, 6.45) is 0.818. The van der Waals surface area contributed by atoms with Crippen molar-refractivity contribution < 1.29 is 14.3 Å². The van der Waals surface area contributed by atoms with Gasteiger partial charge in [0.15, 0.2) is 0 Å². The largest absolute Gasteiger partial charge is 0.497 e. The van der Waals surface area contributed by atoms with Crippen molar-refractivity contribution in [1.29, 1.82) is 0 Å². The van der Waals surface area contributed by atoms with Crippen molar-refractivity contribution in [2.75, 3.05) is 12.4 Å². The van der Waals surface area contributed by atoms with E-state index in [-0.39, 0.29) is 18.2 Å². The topological polar surface area (TPSA) is 60.3 Å². The Hall–Kier alpha value is -4.35. The molecular formula is C32H27ClN2O3. The Morgan fingerprint density at radius 2 is 1.61 bits per heavy atom. The summed E-state index contributed by atoms with van der Waals surface area (Å²) in [5.74, 6) is 0.312. The summed E-state index contributed by atoms with van der Waals surface area (Å²) in [5, 5.41) is 4.46. The minimum atomic E-state index is -0.186. The van der Waals surface area contributed by atoms with E-state index < -0.39 is 0 Å². The number of hydrogen-bond acceptors (Lipinski definition) is 3. The summed E-state index contributed by atoms with van der Waals surface area (Å²) in [6.45, 7) is 1.87. The lowest BCUT2D eigenvalue weighted by molar-refractivity contribution is -0.115. The number of halogens is 1. The predicted molar refractivity (Wildman–Crippen MR) is 152 cm³/mol. The van der Waals surface area contributed by atoms with Crippen LogP contribution in [-0.2, 0) is 17.6 Å². The Balaban J connectivity index is 1.48. The van der Waals surface area contributed by atoms with Crippen LogP contribution >= 0.6 is 11.6 Å². The zero-order valence-electron chi connectivity index (χ0n) is 21.2. The smallest absolute Gasteiger partial charge is 0.262 e. The average molecular weight is 523 g/mol. The van der Waals surface area contributed by atoms with Crippen LogP contribution in [0.25, 0.3) is 10.9 Å². The Morgan fingerprint density at radius 3 is 2.34 bits per heavy atom. The molecule has 0 aliphatic heterocycles. The number of ether oxygens (including phenoxy) is 1. The molecule has 1 aromatic heterocycles. The second-order valence-electron chi connectivity index (χ2n) is 9.14. The van der Waals surface area contributed by atoms with E-state index in [0.29, 0.717) is 28.5 Å². The van der Waals surface area contributed by atoms with E-state index in [0.717, 1.165) is 27.7 Å². The molecule has 6 heteroatoms. The van der Waals surface area contributed by atoms with Gasteiger partial charge in [0.25, 0.3) is 5.91 Å². The number of carbonyl (C=O) groups excluding carboxylic acids is 2. The van der Waals surface area contributed by atoms with Gasteiger partial charge in [-0.25, -0.2) is 0 Å². The minimum Gasteiger partial charge on any atom is -0.497 e. The van der Waals surface area contributed by atoms with Gasteiger partial charge in [-0.15, -0.1) is 0 Å².